The van der Waals surface area contributed by atoms with Crippen LogP contribution in [-0.2, 0) is 31.3 Å². The van der Waals surface area contributed by atoms with Crippen LogP contribution in [0.1, 0.15) is 40.5 Å². The summed E-state index contributed by atoms with van der Waals surface area (Å²) in [6.45, 7) is 6.00. The highest BCUT2D eigenvalue weighted by molar-refractivity contribution is 8.00. The van der Waals surface area contributed by atoms with Crippen LogP contribution in [0, 0.1) is 0 Å². The van der Waals surface area contributed by atoms with E-state index in [9.17, 15) is 47.4 Å². The molecule has 0 radical (unpaired) electrons. The third kappa shape index (κ3) is 5.06. The molecule has 1 aliphatic rings. The monoisotopic (exact) mass is 555 g/mol. The summed E-state index contributed by atoms with van der Waals surface area (Å²) >= 11 is -3.81. The number of hydrogen-bond donors (Lipinski definition) is 1. The molecule has 33 heavy (non-hydrogen) atoms. The quantitative estimate of drug-likeness (QED) is 0.324. The number of piperidine rings is 1. The first-order valence-corrected chi connectivity index (χ1v) is 13.5. The van der Waals surface area contributed by atoms with Gasteiger partial charge in [0.25, 0.3) is 20.0 Å². The van der Waals surface area contributed by atoms with Crippen LogP contribution in [0.15, 0.2) is 0 Å². The van der Waals surface area contributed by atoms with Gasteiger partial charge >= 0.3 is 16.4 Å². The highest BCUT2D eigenvalue weighted by atomic mass is 32.3. The molecule has 0 aliphatic carbocycles. The standard InChI is InChI=1S/C15H27F6N3O6S3/c1-10(2)24(11(3)4)12-6-8-23(9-7-12)33(29,30)15(20,21)13(16,17)14(18,19)32(27,28)22(5)31(25)26/h10-12H,6-9H2,1-5H3,(H,25,26). The fraction of sp³-hybridized carbons (Fsp3) is 1.00. The third-order valence-electron chi connectivity index (χ3n) is 5.32. The Hall–Kier alpha value is -0.530. The lowest BCUT2D eigenvalue weighted by Gasteiger charge is -2.43. The fourth-order valence-electron chi connectivity index (χ4n) is 3.72. The van der Waals surface area contributed by atoms with Crippen molar-refractivity contribution >= 4 is 31.3 Å². The molecule has 1 rings (SSSR count). The molecule has 0 saturated carbocycles. The predicted molar refractivity (Wildman–Crippen MR) is 108 cm³/mol. The van der Waals surface area contributed by atoms with Gasteiger partial charge in [0.1, 0.15) is 0 Å². The molecular weight excluding hydrogens is 528 g/mol. The van der Waals surface area contributed by atoms with Gasteiger partial charge in [0, 0.05) is 38.3 Å². The van der Waals surface area contributed by atoms with Crippen molar-refractivity contribution in [3.05, 3.63) is 0 Å². The lowest BCUT2D eigenvalue weighted by Crippen LogP contribution is -2.65. The lowest BCUT2D eigenvalue weighted by atomic mass is 10.0. The minimum absolute atomic E-state index is 0.0121. The zero-order valence-electron chi connectivity index (χ0n) is 18.4. The van der Waals surface area contributed by atoms with Gasteiger partial charge in [-0.1, -0.05) is 3.71 Å². The van der Waals surface area contributed by atoms with Crippen LogP contribution in [0.5, 0.6) is 0 Å². The van der Waals surface area contributed by atoms with Gasteiger partial charge in [-0.05, 0) is 40.5 Å². The summed E-state index contributed by atoms with van der Waals surface area (Å²) in [5, 5.41) is -13.3. The van der Waals surface area contributed by atoms with E-state index in [1.165, 1.54) is 0 Å². The van der Waals surface area contributed by atoms with Crippen molar-refractivity contribution in [2.24, 2.45) is 0 Å². The summed E-state index contributed by atoms with van der Waals surface area (Å²) in [6, 6.07) is -0.315. The molecule has 18 heteroatoms. The number of halogens is 6. The van der Waals surface area contributed by atoms with Gasteiger partial charge < -0.3 is 0 Å². The van der Waals surface area contributed by atoms with Crippen LogP contribution < -0.4 is 0 Å². The van der Waals surface area contributed by atoms with Crippen molar-refractivity contribution in [1.29, 1.82) is 0 Å². The Kier molecular flexibility index (Phi) is 9.10. The van der Waals surface area contributed by atoms with Gasteiger partial charge in [-0.2, -0.15) is 30.6 Å². The molecule has 9 nitrogen and oxygen atoms in total. The van der Waals surface area contributed by atoms with Crippen molar-refractivity contribution in [2.75, 3.05) is 20.1 Å². The molecule has 0 bridgehead atoms. The number of hydrogen-bond acceptors (Lipinski definition) is 6. The fourth-order valence-corrected chi connectivity index (χ4v) is 6.98. The molecule has 1 saturated heterocycles. The Labute approximate surface area is 191 Å². The maximum Gasteiger partial charge on any atom is 0.429 e. The molecule has 0 spiro atoms. The van der Waals surface area contributed by atoms with E-state index in [0.29, 0.717) is 0 Å². The second-order valence-electron chi connectivity index (χ2n) is 8.02. The molecule has 0 aromatic carbocycles. The second kappa shape index (κ2) is 9.85. The van der Waals surface area contributed by atoms with Gasteiger partial charge in [0.15, 0.2) is 0 Å². The Morgan fingerprint density at radius 1 is 0.909 bits per heavy atom. The van der Waals surface area contributed by atoms with Crippen molar-refractivity contribution in [3.63, 3.8) is 0 Å². The SMILES string of the molecule is CC(C)N(C(C)C)C1CCN(S(=O)(=O)C(F)(F)C(F)(F)C(F)(F)S(=O)(=O)N(C)S(=O)O)CC1. The number of rotatable bonds is 10. The Bertz CT molecular complexity index is 929. The summed E-state index contributed by atoms with van der Waals surface area (Å²) in [4.78, 5) is 1.96. The van der Waals surface area contributed by atoms with Crippen LogP contribution in [0.3, 0.4) is 0 Å². The zero-order chi connectivity index (χ0) is 26.4. The first kappa shape index (κ1) is 30.5. The van der Waals surface area contributed by atoms with Gasteiger partial charge in [0.05, 0.1) is 0 Å². The minimum atomic E-state index is -6.98. The Morgan fingerprint density at radius 3 is 1.64 bits per heavy atom. The summed E-state index contributed by atoms with van der Waals surface area (Å²) in [5.74, 6) is -6.98. The molecule has 1 fully saturated rings. The van der Waals surface area contributed by atoms with Crippen molar-refractivity contribution in [3.8, 4) is 0 Å². The topological polar surface area (TPSA) is 115 Å². The van der Waals surface area contributed by atoms with Crippen LogP contribution in [0.2, 0.25) is 0 Å². The average Bonchev–Trinajstić information content (AvgIpc) is 2.66. The van der Waals surface area contributed by atoms with Crippen LogP contribution in [0.25, 0.3) is 0 Å². The zero-order valence-corrected chi connectivity index (χ0v) is 20.8. The molecule has 1 heterocycles. The molecule has 1 unspecified atom stereocenters. The van der Waals surface area contributed by atoms with E-state index in [4.69, 9.17) is 4.55 Å². The Morgan fingerprint density at radius 2 is 1.30 bits per heavy atom. The first-order chi connectivity index (χ1) is 14.6. The number of sulfonamides is 2. The van der Waals surface area contributed by atoms with Gasteiger partial charge in [-0.15, -0.1) is 0 Å². The largest absolute Gasteiger partial charge is 0.429 e. The molecule has 1 N–H and O–H groups in total. The smallest absolute Gasteiger partial charge is 0.295 e. The molecule has 1 atom stereocenters. The van der Waals surface area contributed by atoms with Crippen LogP contribution >= 0.6 is 0 Å². The van der Waals surface area contributed by atoms with Gasteiger partial charge in [-0.25, -0.2) is 21.0 Å². The van der Waals surface area contributed by atoms with E-state index < -0.39 is 64.5 Å². The van der Waals surface area contributed by atoms with Crippen molar-refractivity contribution in [1.82, 2.24) is 12.9 Å². The van der Waals surface area contributed by atoms with Crippen LogP contribution in [0.4, 0.5) is 26.3 Å². The molecule has 198 valence electrons. The van der Waals surface area contributed by atoms with Gasteiger partial charge in [-0.3, -0.25) is 9.45 Å². The van der Waals surface area contributed by atoms with E-state index >= 15 is 0 Å². The molecule has 0 aromatic heterocycles. The lowest BCUT2D eigenvalue weighted by molar-refractivity contribution is -0.245. The summed E-state index contributed by atoms with van der Waals surface area (Å²) in [5.41, 5.74) is 0. The molecular formula is C15H27F6N3O6S3. The summed E-state index contributed by atoms with van der Waals surface area (Å²) in [6.07, 6.45) is -0.115. The first-order valence-electron chi connectivity index (χ1n) is 9.59. The normalized spacial score (nSPS) is 19.8. The van der Waals surface area contributed by atoms with E-state index in [1.807, 2.05) is 32.6 Å². The van der Waals surface area contributed by atoms with Gasteiger partial charge in [0.2, 0.25) is 11.3 Å². The molecule has 0 aromatic rings. The average molecular weight is 556 g/mol. The Balaban J connectivity index is 3.30. The second-order valence-corrected chi connectivity index (χ2v) is 13.3. The summed E-state index contributed by atoms with van der Waals surface area (Å²) in [7, 11) is -13.4. The predicted octanol–water partition coefficient (Wildman–Crippen LogP) is 2.12. The van der Waals surface area contributed by atoms with Crippen molar-refractivity contribution in [2.45, 2.75) is 75.1 Å². The number of nitrogens with zero attached hydrogens (tertiary/aromatic N) is 3. The summed E-state index contributed by atoms with van der Waals surface area (Å²) < 4.78 is 152. The van der Waals surface area contributed by atoms with E-state index in [0.717, 1.165) is 0 Å². The van der Waals surface area contributed by atoms with E-state index in [-0.39, 0.29) is 42.3 Å². The molecule has 1 aliphatic heterocycles. The maximum atomic E-state index is 14.5. The number of alkyl halides is 6. The maximum absolute atomic E-state index is 14.5. The van der Waals surface area contributed by atoms with Crippen LogP contribution in [-0.4, -0.2) is 93.2 Å². The van der Waals surface area contributed by atoms with Crippen molar-refractivity contribution < 1.29 is 51.9 Å². The highest BCUT2D eigenvalue weighted by Crippen LogP contribution is 2.52. The minimum Gasteiger partial charge on any atom is -0.295 e. The van der Waals surface area contributed by atoms with E-state index in [1.54, 1.807) is 0 Å². The highest BCUT2D eigenvalue weighted by Gasteiger charge is 2.83. The molecule has 0 amide bonds. The van der Waals surface area contributed by atoms with E-state index in [2.05, 4.69) is 0 Å². The third-order valence-corrected chi connectivity index (χ3v) is 10.3.